The van der Waals surface area contributed by atoms with E-state index in [1.807, 2.05) is 36.8 Å². The van der Waals surface area contributed by atoms with E-state index in [9.17, 15) is 0 Å². The molecule has 2 aromatic rings. The van der Waals surface area contributed by atoms with Gasteiger partial charge in [-0.15, -0.1) is 11.3 Å². The van der Waals surface area contributed by atoms with Gasteiger partial charge in [-0.3, -0.25) is 4.98 Å². The molecule has 0 aliphatic carbocycles. The zero-order valence-corrected chi connectivity index (χ0v) is 10.4. The maximum absolute atomic E-state index is 8.78. The van der Waals surface area contributed by atoms with Crippen LogP contribution >= 0.6 is 11.3 Å². The van der Waals surface area contributed by atoms with Gasteiger partial charge in [-0.05, 0) is 30.2 Å². The van der Waals surface area contributed by atoms with Crippen LogP contribution in [0.25, 0.3) is 0 Å². The molecule has 0 radical (unpaired) electrons. The van der Waals surface area contributed by atoms with Crippen molar-refractivity contribution in [1.82, 2.24) is 10.3 Å². The second kappa shape index (κ2) is 5.58. The van der Waals surface area contributed by atoms with Gasteiger partial charge in [0.2, 0.25) is 0 Å². The second-order valence-corrected chi connectivity index (χ2v) is 4.80. The minimum Gasteiger partial charge on any atom is -0.308 e. The molecule has 86 valence electrons. The molecule has 0 spiro atoms. The second-order valence-electron chi connectivity index (χ2n) is 3.82. The largest absolute Gasteiger partial charge is 0.308 e. The maximum Gasteiger partial charge on any atom is 0.0991 e. The molecule has 0 bridgehead atoms. The van der Waals surface area contributed by atoms with E-state index in [0.29, 0.717) is 5.56 Å². The number of aryl methyl sites for hydroxylation is 1. The van der Waals surface area contributed by atoms with Gasteiger partial charge in [0.15, 0.2) is 0 Å². The van der Waals surface area contributed by atoms with Crippen LogP contribution in [0.4, 0.5) is 0 Å². The van der Waals surface area contributed by atoms with Crippen molar-refractivity contribution in [2.24, 2.45) is 0 Å². The molecule has 17 heavy (non-hydrogen) atoms. The first-order valence-electron chi connectivity index (χ1n) is 5.37. The van der Waals surface area contributed by atoms with Gasteiger partial charge in [-0.25, -0.2) is 0 Å². The summed E-state index contributed by atoms with van der Waals surface area (Å²) in [5.41, 5.74) is 4.94. The lowest BCUT2D eigenvalue weighted by molar-refractivity contribution is 0.697. The van der Waals surface area contributed by atoms with Crippen LogP contribution in [-0.2, 0) is 13.1 Å². The fourth-order valence-corrected chi connectivity index (χ4v) is 2.18. The van der Waals surface area contributed by atoms with E-state index in [2.05, 4.69) is 16.4 Å². The average Bonchev–Trinajstić information content (AvgIpc) is 2.84. The van der Waals surface area contributed by atoms with Gasteiger partial charge in [0.1, 0.15) is 0 Å². The summed E-state index contributed by atoms with van der Waals surface area (Å²) in [4.78, 5) is 5.26. The summed E-state index contributed by atoms with van der Waals surface area (Å²) in [7, 11) is 0. The fraction of sp³-hybridized carbons (Fsp3) is 0.231. The van der Waals surface area contributed by atoms with E-state index in [1.165, 1.54) is 10.4 Å². The number of rotatable bonds is 4. The summed E-state index contributed by atoms with van der Waals surface area (Å²) < 4.78 is 0. The maximum atomic E-state index is 8.78. The van der Waals surface area contributed by atoms with E-state index in [-0.39, 0.29) is 0 Å². The summed E-state index contributed by atoms with van der Waals surface area (Å²) in [6.07, 6.45) is 1.88. The minimum atomic E-state index is 0.716. The molecular formula is C13H13N3S. The molecule has 1 heterocycles. The predicted molar refractivity (Wildman–Crippen MR) is 68.6 cm³/mol. The van der Waals surface area contributed by atoms with E-state index in [4.69, 9.17) is 5.26 Å². The molecular weight excluding hydrogens is 230 g/mol. The molecule has 1 N–H and O–H groups in total. The lowest BCUT2D eigenvalue weighted by Gasteiger charge is -2.07. The van der Waals surface area contributed by atoms with Gasteiger partial charge >= 0.3 is 0 Å². The molecule has 1 aromatic heterocycles. The fourth-order valence-electron chi connectivity index (χ4n) is 1.61. The Kier molecular flexibility index (Phi) is 3.86. The number of aromatic nitrogens is 1. The van der Waals surface area contributed by atoms with Gasteiger partial charge in [-0.2, -0.15) is 5.26 Å². The Hall–Kier alpha value is -1.70. The van der Waals surface area contributed by atoms with Crippen LogP contribution in [0.2, 0.25) is 0 Å². The lowest BCUT2D eigenvalue weighted by Crippen LogP contribution is -2.12. The minimum absolute atomic E-state index is 0.716. The van der Waals surface area contributed by atoms with Crippen LogP contribution in [0, 0.1) is 18.3 Å². The number of hydrogen-bond acceptors (Lipinski definition) is 4. The van der Waals surface area contributed by atoms with Crippen molar-refractivity contribution in [2.45, 2.75) is 20.0 Å². The first-order chi connectivity index (χ1) is 8.29. The summed E-state index contributed by atoms with van der Waals surface area (Å²) in [6.45, 7) is 3.68. The summed E-state index contributed by atoms with van der Waals surface area (Å²) in [5.74, 6) is 0. The Balaban J connectivity index is 1.93. The third-order valence-corrected chi connectivity index (χ3v) is 3.35. The highest BCUT2D eigenvalue weighted by molar-refractivity contribution is 7.09. The Labute approximate surface area is 105 Å². The van der Waals surface area contributed by atoms with E-state index >= 15 is 0 Å². The molecule has 0 amide bonds. The molecule has 0 saturated heterocycles. The predicted octanol–water partition coefficient (Wildman–Crippen LogP) is 2.61. The van der Waals surface area contributed by atoms with Crippen LogP contribution in [0.5, 0.6) is 0 Å². The average molecular weight is 243 g/mol. The summed E-state index contributed by atoms with van der Waals surface area (Å²) in [6, 6.07) is 7.93. The number of hydrogen-bond donors (Lipinski definition) is 1. The number of nitrogens with one attached hydrogen (secondary N) is 1. The zero-order valence-electron chi connectivity index (χ0n) is 9.60. The Morgan fingerprint density at radius 3 is 2.94 bits per heavy atom. The molecule has 0 atom stereocenters. The zero-order chi connectivity index (χ0) is 12.1. The first kappa shape index (κ1) is 11.8. The van der Waals surface area contributed by atoms with Crippen molar-refractivity contribution in [3.05, 3.63) is 51.5 Å². The third-order valence-electron chi connectivity index (χ3n) is 2.57. The smallest absolute Gasteiger partial charge is 0.0991 e. The number of nitriles is 1. The van der Waals surface area contributed by atoms with E-state index in [0.717, 1.165) is 18.7 Å². The molecule has 0 aliphatic heterocycles. The topological polar surface area (TPSA) is 48.7 Å². The van der Waals surface area contributed by atoms with E-state index < -0.39 is 0 Å². The van der Waals surface area contributed by atoms with Gasteiger partial charge in [0, 0.05) is 24.2 Å². The van der Waals surface area contributed by atoms with Gasteiger partial charge in [0.25, 0.3) is 0 Å². The van der Waals surface area contributed by atoms with Crippen LogP contribution in [0.15, 0.2) is 29.9 Å². The Morgan fingerprint density at radius 2 is 2.29 bits per heavy atom. The normalized spacial score (nSPS) is 10.1. The van der Waals surface area contributed by atoms with Crippen molar-refractivity contribution in [2.75, 3.05) is 0 Å². The van der Waals surface area contributed by atoms with Crippen LogP contribution in [0.3, 0.4) is 0 Å². The van der Waals surface area contributed by atoms with Crippen molar-refractivity contribution in [1.29, 1.82) is 5.26 Å². The summed E-state index contributed by atoms with van der Waals surface area (Å²) >= 11 is 1.65. The standard InChI is InChI=1S/C13H13N3S/c1-10-4-11(5-14)2-3-12(10)6-15-7-13-8-16-9-17-13/h2-4,8-9,15H,6-7H2,1H3. The Morgan fingerprint density at radius 1 is 1.41 bits per heavy atom. The van der Waals surface area contributed by atoms with Crippen LogP contribution in [-0.4, -0.2) is 4.98 Å². The van der Waals surface area contributed by atoms with Crippen molar-refractivity contribution < 1.29 is 0 Å². The first-order valence-corrected chi connectivity index (χ1v) is 6.25. The van der Waals surface area contributed by atoms with Crippen molar-refractivity contribution >= 4 is 11.3 Å². The molecule has 0 aliphatic rings. The monoisotopic (exact) mass is 243 g/mol. The molecule has 0 saturated carbocycles. The Bertz CT molecular complexity index is 526. The molecule has 4 heteroatoms. The molecule has 3 nitrogen and oxygen atoms in total. The highest BCUT2D eigenvalue weighted by atomic mass is 32.1. The van der Waals surface area contributed by atoms with Crippen LogP contribution < -0.4 is 5.32 Å². The van der Waals surface area contributed by atoms with Gasteiger partial charge < -0.3 is 5.32 Å². The molecule has 1 aromatic carbocycles. The number of nitrogens with zero attached hydrogens (tertiary/aromatic N) is 2. The molecule has 2 rings (SSSR count). The highest BCUT2D eigenvalue weighted by Gasteiger charge is 2.00. The van der Waals surface area contributed by atoms with Gasteiger partial charge in [0.05, 0.1) is 17.1 Å². The number of benzene rings is 1. The van der Waals surface area contributed by atoms with Gasteiger partial charge in [-0.1, -0.05) is 6.07 Å². The SMILES string of the molecule is Cc1cc(C#N)ccc1CNCc1cncs1. The number of thiazole rings is 1. The van der Waals surface area contributed by atoms with Crippen LogP contribution in [0.1, 0.15) is 21.6 Å². The van der Waals surface area contributed by atoms with Crippen molar-refractivity contribution in [3.8, 4) is 6.07 Å². The quantitative estimate of drug-likeness (QED) is 0.898. The molecule has 0 unspecified atom stereocenters. The van der Waals surface area contributed by atoms with E-state index in [1.54, 1.807) is 11.3 Å². The summed E-state index contributed by atoms with van der Waals surface area (Å²) in [5, 5.41) is 12.2. The van der Waals surface area contributed by atoms with Crippen molar-refractivity contribution in [3.63, 3.8) is 0 Å². The molecule has 0 fully saturated rings. The third kappa shape index (κ3) is 3.13. The highest BCUT2D eigenvalue weighted by Crippen LogP contribution is 2.11. The lowest BCUT2D eigenvalue weighted by atomic mass is 10.1.